The van der Waals surface area contributed by atoms with Crippen LogP contribution in [0.25, 0.3) is 10.9 Å². The van der Waals surface area contributed by atoms with E-state index in [1.165, 1.54) is 6.26 Å². The summed E-state index contributed by atoms with van der Waals surface area (Å²) in [5.41, 5.74) is 2.03. The van der Waals surface area contributed by atoms with Gasteiger partial charge < -0.3 is 15.0 Å². The zero-order valence-electron chi connectivity index (χ0n) is 18.0. The Bertz CT molecular complexity index is 1000. The lowest BCUT2D eigenvalue weighted by atomic mass is 10.0. The van der Waals surface area contributed by atoms with Crippen LogP contribution in [0.2, 0.25) is 0 Å². The quantitative estimate of drug-likeness (QED) is 0.636. The van der Waals surface area contributed by atoms with E-state index in [4.69, 9.17) is 4.74 Å². The molecule has 1 aromatic heterocycles. The molecule has 0 radical (unpaired) electrons. The highest BCUT2D eigenvalue weighted by molar-refractivity contribution is 7.88. The van der Waals surface area contributed by atoms with Crippen molar-refractivity contribution in [1.82, 2.24) is 19.5 Å². The van der Waals surface area contributed by atoms with Crippen LogP contribution < -0.4 is 5.32 Å². The lowest BCUT2D eigenvalue weighted by molar-refractivity contribution is -0.120. The predicted molar refractivity (Wildman–Crippen MR) is 120 cm³/mol. The first-order valence-corrected chi connectivity index (χ1v) is 12.9. The SMILES string of the molecule is CS(=O)(=O)N1CCC(N(CCNC(=O)Cc2c[nH]c3ccccc23)C2CCOCC2)C1. The van der Waals surface area contributed by atoms with Crippen molar-refractivity contribution in [2.24, 2.45) is 0 Å². The van der Waals surface area contributed by atoms with Crippen molar-refractivity contribution in [2.45, 2.75) is 37.8 Å². The van der Waals surface area contributed by atoms with Gasteiger partial charge in [0.25, 0.3) is 0 Å². The highest BCUT2D eigenvalue weighted by Crippen LogP contribution is 2.24. The predicted octanol–water partition coefficient (Wildman–Crippen LogP) is 1.34. The minimum Gasteiger partial charge on any atom is -0.381 e. The highest BCUT2D eigenvalue weighted by Gasteiger charge is 2.35. The number of H-pyrrole nitrogens is 1. The maximum Gasteiger partial charge on any atom is 0.224 e. The first-order valence-electron chi connectivity index (χ1n) is 11.0. The van der Waals surface area contributed by atoms with Gasteiger partial charge in [0.05, 0.1) is 12.7 Å². The Morgan fingerprint density at radius 1 is 1.23 bits per heavy atom. The maximum absolute atomic E-state index is 12.6. The van der Waals surface area contributed by atoms with Crippen LogP contribution in [0.15, 0.2) is 30.5 Å². The molecule has 3 heterocycles. The smallest absolute Gasteiger partial charge is 0.224 e. The van der Waals surface area contributed by atoms with Gasteiger partial charge in [-0.2, -0.15) is 0 Å². The molecular formula is C22H32N4O4S. The molecule has 2 saturated heterocycles. The first kappa shape index (κ1) is 22.3. The number of sulfonamides is 1. The zero-order valence-corrected chi connectivity index (χ0v) is 18.9. The summed E-state index contributed by atoms with van der Waals surface area (Å²) in [4.78, 5) is 18.2. The molecule has 1 aromatic carbocycles. The molecule has 31 heavy (non-hydrogen) atoms. The molecule has 9 heteroatoms. The molecule has 0 saturated carbocycles. The number of nitrogens with one attached hydrogen (secondary N) is 2. The summed E-state index contributed by atoms with van der Waals surface area (Å²) in [7, 11) is -3.17. The minimum absolute atomic E-state index is 0.000801. The Labute approximate surface area is 184 Å². The molecule has 1 atom stereocenters. The number of hydrogen-bond acceptors (Lipinski definition) is 5. The van der Waals surface area contributed by atoms with Gasteiger partial charge in [-0.1, -0.05) is 18.2 Å². The molecule has 2 aliphatic heterocycles. The van der Waals surface area contributed by atoms with E-state index in [-0.39, 0.29) is 11.9 Å². The van der Waals surface area contributed by atoms with E-state index >= 15 is 0 Å². The fourth-order valence-electron chi connectivity index (χ4n) is 4.80. The van der Waals surface area contributed by atoms with Crippen LogP contribution in [0, 0.1) is 0 Å². The lowest BCUT2D eigenvalue weighted by Crippen LogP contribution is -2.50. The monoisotopic (exact) mass is 448 g/mol. The number of fused-ring (bicyclic) bond motifs is 1. The molecule has 0 aliphatic carbocycles. The number of amides is 1. The fraction of sp³-hybridized carbons (Fsp3) is 0.591. The summed E-state index contributed by atoms with van der Waals surface area (Å²) >= 11 is 0. The molecule has 4 rings (SSSR count). The average Bonchev–Trinajstić information content (AvgIpc) is 3.40. The third-order valence-corrected chi connectivity index (χ3v) is 7.71. The van der Waals surface area contributed by atoms with Crippen molar-refractivity contribution >= 4 is 26.8 Å². The van der Waals surface area contributed by atoms with Gasteiger partial charge in [-0.25, -0.2) is 12.7 Å². The standard InChI is InChI=1S/C22H32N4O4S/c1-31(28,29)25-10-6-19(16-25)26(18-7-12-30-13-8-18)11-9-23-22(27)14-17-15-24-21-5-3-2-4-20(17)21/h2-5,15,18-19,24H,6-14,16H2,1H3,(H,23,27). The molecule has 2 fully saturated rings. The van der Waals surface area contributed by atoms with E-state index in [1.807, 2.05) is 30.5 Å². The fourth-order valence-corrected chi connectivity index (χ4v) is 5.68. The molecule has 2 aliphatic rings. The zero-order chi connectivity index (χ0) is 21.8. The second kappa shape index (κ2) is 9.68. The topological polar surface area (TPSA) is 94.7 Å². The van der Waals surface area contributed by atoms with Crippen molar-refractivity contribution in [2.75, 3.05) is 45.6 Å². The molecule has 1 unspecified atom stereocenters. The molecule has 2 aromatic rings. The molecule has 8 nitrogen and oxygen atoms in total. The number of aromatic amines is 1. The summed E-state index contributed by atoms with van der Waals surface area (Å²) in [6.45, 7) is 3.82. The molecule has 1 amide bonds. The lowest BCUT2D eigenvalue weighted by Gasteiger charge is -2.38. The number of ether oxygens (including phenoxy) is 1. The number of benzene rings is 1. The normalized spacial score (nSPS) is 21.2. The Balaban J connectivity index is 1.34. The van der Waals surface area contributed by atoms with E-state index < -0.39 is 10.0 Å². The van der Waals surface area contributed by atoms with Crippen LogP contribution in [0.1, 0.15) is 24.8 Å². The second-order valence-corrected chi connectivity index (χ2v) is 10.5. The van der Waals surface area contributed by atoms with Gasteiger partial charge in [-0.05, 0) is 30.9 Å². The molecule has 0 spiro atoms. The van der Waals surface area contributed by atoms with Crippen LogP contribution in [-0.2, 0) is 26.0 Å². The molecule has 2 N–H and O–H groups in total. The maximum atomic E-state index is 12.6. The van der Waals surface area contributed by atoms with Crippen molar-refractivity contribution in [3.63, 3.8) is 0 Å². The van der Waals surface area contributed by atoms with Gasteiger partial charge in [-0.3, -0.25) is 9.69 Å². The molecule has 0 bridgehead atoms. The summed E-state index contributed by atoms with van der Waals surface area (Å²) in [5.74, 6) is 0.000801. The minimum atomic E-state index is -3.17. The summed E-state index contributed by atoms with van der Waals surface area (Å²) < 4.78 is 31.0. The van der Waals surface area contributed by atoms with Crippen LogP contribution in [0.5, 0.6) is 0 Å². The van der Waals surface area contributed by atoms with E-state index in [0.717, 1.165) is 48.9 Å². The number of rotatable bonds is 8. The molecular weight excluding hydrogens is 416 g/mol. The second-order valence-electron chi connectivity index (χ2n) is 8.53. The van der Waals surface area contributed by atoms with Gasteiger partial charge in [0, 0.05) is 68.6 Å². The van der Waals surface area contributed by atoms with Crippen LogP contribution in [0.3, 0.4) is 0 Å². The first-order chi connectivity index (χ1) is 14.9. The van der Waals surface area contributed by atoms with Gasteiger partial charge in [0.1, 0.15) is 0 Å². The van der Waals surface area contributed by atoms with Crippen LogP contribution >= 0.6 is 0 Å². The number of nitrogens with zero attached hydrogens (tertiary/aromatic N) is 2. The Hall–Kier alpha value is -1.94. The van der Waals surface area contributed by atoms with E-state index in [0.29, 0.717) is 38.6 Å². The van der Waals surface area contributed by atoms with Gasteiger partial charge in [0.2, 0.25) is 15.9 Å². The van der Waals surface area contributed by atoms with Gasteiger partial charge >= 0.3 is 0 Å². The Kier molecular flexibility index (Phi) is 6.95. The average molecular weight is 449 g/mol. The van der Waals surface area contributed by atoms with Crippen LogP contribution in [0.4, 0.5) is 0 Å². The number of carbonyl (C=O) groups excluding carboxylic acids is 1. The Morgan fingerprint density at radius 3 is 2.74 bits per heavy atom. The van der Waals surface area contributed by atoms with Crippen molar-refractivity contribution in [3.8, 4) is 0 Å². The van der Waals surface area contributed by atoms with Gasteiger partial charge in [-0.15, -0.1) is 0 Å². The number of hydrogen-bond donors (Lipinski definition) is 2. The summed E-state index contributed by atoms with van der Waals surface area (Å²) in [6.07, 6.45) is 6.23. The number of para-hydroxylation sites is 1. The van der Waals surface area contributed by atoms with E-state index in [2.05, 4.69) is 15.2 Å². The third kappa shape index (κ3) is 5.46. The highest BCUT2D eigenvalue weighted by atomic mass is 32.2. The van der Waals surface area contributed by atoms with Crippen molar-refractivity contribution in [1.29, 1.82) is 0 Å². The van der Waals surface area contributed by atoms with E-state index in [1.54, 1.807) is 4.31 Å². The Morgan fingerprint density at radius 2 is 2.00 bits per heavy atom. The van der Waals surface area contributed by atoms with E-state index in [9.17, 15) is 13.2 Å². The number of aromatic nitrogens is 1. The van der Waals surface area contributed by atoms with Crippen LogP contribution in [-0.4, -0.2) is 86.2 Å². The largest absolute Gasteiger partial charge is 0.381 e. The van der Waals surface area contributed by atoms with Crippen molar-refractivity contribution < 1.29 is 17.9 Å². The molecule has 170 valence electrons. The summed E-state index contributed by atoms with van der Waals surface area (Å²) in [5, 5.41) is 4.14. The third-order valence-electron chi connectivity index (χ3n) is 6.44. The summed E-state index contributed by atoms with van der Waals surface area (Å²) in [6, 6.07) is 8.53. The van der Waals surface area contributed by atoms with Crippen molar-refractivity contribution in [3.05, 3.63) is 36.0 Å². The number of carbonyl (C=O) groups is 1. The van der Waals surface area contributed by atoms with Gasteiger partial charge in [0.15, 0.2) is 0 Å².